The second kappa shape index (κ2) is 5.56. The summed E-state index contributed by atoms with van der Waals surface area (Å²) in [5.41, 5.74) is 6.08. The Balaban J connectivity index is 2.22. The van der Waals surface area contributed by atoms with Crippen molar-refractivity contribution in [2.75, 3.05) is 0 Å². The molecule has 1 heterocycles. The molecule has 1 atom stereocenters. The maximum Gasteiger partial charge on any atom is 0.375 e. The number of benzene rings is 1. The minimum atomic E-state index is -1.30. The summed E-state index contributed by atoms with van der Waals surface area (Å²) in [7, 11) is 0. The van der Waals surface area contributed by atoms with Gasteiger partial charge >= 0.3 is 5.97 Å². The van der Waals surface area contributed by atoms with Crippen LogP contribution in [0.2, 0.25) is 0 Å². The fraction of sp³-hybridized carbons (Fsp3) is 0.143. The van der Waals surface area contributed by atoms with E-state index in [4.69, 9.17) is 14.9 Å². The Morgan fingerprint density at radius 3 is 2.40 bits per heavy atom. The van der Waals surface area contributed by atoms with Crippen molar-refractivity contribution >= 4 is 11.9 Å². The van der Waals surface area contributed by atoms with Gasteiger partial charge in [0.1, 0.15) is 5.82 Å². The van der Waals surface area contributed by atoms with E-state index in [1.165, 1.54) is 18.4 Å². The normalized spacial score (nSPS) is 11.9. The number of carbonyl (C=O) groups is 2. The number of halogens is 1. The summed E-state index contributed by atoms with van der Waals surface area (Å²) in [6, 6.07) is 6.54. The van der Waals surface area contributed by atoms with Crippen LogP contribution >= 0.6 is 0 Å². The van der Waals surface area contributed by atoms with Crippen molar-refractivity contribution < 1.29 is 23.1 Å². The Labute approximate surface area is 114 Å². The molecule has 1 aromatic heterocycles. The summed E-state index contributed by atoms with van der Waals surface area (Å²) in [6.07, 6.45) is 0.0379. The highest BCUT2D eigenvalue weighted by Crippen LogP contribution is 2.21. The molecule has 0 saturated heterocycles. The third-order valence-corrected chi connectivity index (χ3v) is 2.70. The van der Waals surface area contributed by atoms with Gasteiger partial charge in [-0.25, -0.2) is 9.18 Å². The zero-order valence-electron chi connectivity index (χ0n) is 10.6. The monoisotopic (exact) mass is 277 g/mol. The molecule has 0 unspecified atom stereocenters. The van der Waals surface area contributed by atoms with Gasteiger partial charge in [0, 0.05) is 11.1 Å². The lowest BCUT2D eigenvalue weighted by atomic mass is 10.1. The number of aryl methyl sites for hydroxylation is 1. The molecule has 0 radical (unpaired) electrons. The molecule has 1 aromatic carbocycles. The number of amides is 1. The lowest BCUT2D eigenvalue weighted by Crippen LogP contribution is -2.26. The summed E-state index contributed by atoms with van der Waals surface area (Å²) in [5.74, 6) is -2.13. The topological polar surface area (TPSA) is 82.5 Å². The average molecular weight is 277 g/mol. The molecule has 20 heavy (non-hydrogen) atoms. The van der Waals surface area contributed by atoms with Gasteiger partial charge < -0.3 is 14.9 Å². The molecule has 0 aliphatic carbocycles. The average Bonchev–Trinajstić information content (AvgIpc) is 2.83. The highest BCUT2D eigenvalue weighted by Gasteiger charge is 2.25. The number of rotatable bonds is 4. The highest BCUT2D eigenvalue weighted by molar-refractivity contribution is 5.91. The van der Waals surface area contributed by atoms with Crippen molar-refractivity contribution in [3.05, 3.63) is 59.3 Å². The van der Waals surface area contributed by atoms with Crippen LogP contribution in [-0.2, 0) is 9.53 Å². The number of primary amides is 1. The summed E-state index contributed by atoms with van der Waals surface area (Å²) in [6.45, 7) is 1.66. The van der Waals surface area contributed by atoms with Crippen LogP contribution in [-0.4, -0.2) is 11.9 Å². The van der Waals surface area contributed by atoms with Crippen LogP contribution in [0.3, 0.4) is 0 Å². The zero-order chi connectivity index (χ0) is 14.7. The van der Waals surface area contributed by atoms with Crippen molar-refractivity contribution in [2.24, 2.45) is 5.73 Å². The molecule has 0 aliphatic heterocycles. The van der Waals surface area contributed by atoms with Gasteiger partial charge in [-0.15, -0.1) is 0 Å². The smallest absolute Gasteiger partial charge is 0.375 e. The SMILES string of the molecule is Cc1ccoc1C(=O)O[C@H](C(N)=O)c1ccc(F)cc1. The van der Waals surface area contributed by atoms with E-state index in [9.17, 15) is 14.0 Å². The summed E-state index contributed by atoms with van der Waals surface area (Å²) in [4.78, 5) is 23.3. The first-order valence-corrected chi connectivity index (χ1v) is 5.79. The second-order valence-electron chi connectivity index (χ2n) is 4.17. The Morgan fingerprint density at radius 2 is 1.90 bits per heavy atom. The molecular formula is C14H12FNO4. The molecule has 0 saturated carbocycles. The van der Waals surface area contributed by atoms with Gasteiger partial charge in [-0.05, 0) is 25.1 Å². The van der Waals surface area contributed by atoms with Crippen LogP contribution in [0.1, 0.15) is 27.8 Å². The molecule has 2 N–H and O–H groups in total. The summed E-state index contributed by atoms with van der Waals surface area (Å²) >= 11 is 0. The van der Waals surface area contributed by atoms with Gasteiger partial charge in [0.05, 0.1) is 6.26 Å². The van der Waals surface area contributed by atoms with E-state index >= 15 is 0 Å². The van der Waals surface area contributed by atoms with Crippen LogP contribution < -0.4 is 5.73 Å². The molecule has 0 fully saturated rings. The van der Waals surface area contributed by atoms with E-state index in [-0.39, 0.29) is 11.3 Å². The molecule has 2 rings (SSSR count). The van der Waals surface area contributed by atoms with Gasteiger partial charge in [0.25, 0.3) is 5.91 Å². The standard InChI is InChI=1S/C14H12FNO4/c1-8-6-7-19-11(8)14(18)20-12(13(16)17)9-2-4-10(15)5-3-9/h2-7,12H,1H3,(H2,16,17)/t12-/m0/s1. The Kier molecular flexibility index (Phi) is 3.84. The quantitative estimate of drug-likeness (QED) is 0.868. The fourth-order valence-electron chi connectivity index (χ4n) is 1.67. The fourth-order valence-corrected chi connectivity index (χ4v) is 1.67. The number of ether oxygens (including phenoxy) is 1. The van der Waals surface area contributed by atoms with Gasteiger partial charge in [0.2, 0.25) is 11.9 Å². The Bertz CT molecular complexity index is 633. The predicted octanol–water partition coefficient (Wildman–Crippen LogP) is 2.11. The first-order chi connectivity index (χ1) is 9.49. The number of esters is 1. The van der Waals surface area contributed by atoms with E-state index in [0.29, 0.717) is 5.56 Å². The second-order valence-corrected chi connectivity index (χ2v) is 4.17. The molecule has 6 heteroatoms. The van der Waals surface area contributed by atoms with Crippen LogP contribution in [0.5, 0.6) is 0 Å². The Hall–Kier alpha value is -2.63. The van der Waals surface area contributed by atoms with Crippen LogP contribution in [0.4, 0.5) is 4.39 Å². The predicted molar refractivity (Wildman–Crippen MR) is 67.2 cm³/mol. The number of carbonyl (C=O) groups excluding carboxylic acids is 2. The van der Waals surface area contributed by atoms with Crippen LogP contribution in [0.15, 0.2) is 41.0 Å². The van der Waals surface area contributed by atoms with Crippen molar-refractivity contribution in [3.63, 3.8) is 0 Å². The maximum absolute atomic E-state index is 12.9. The Morgan fingerprint density at radius 1 is 1.25 bits per heavy atom. The van der Waals surface area contributed by atoms with E-state index in [1.54, 1.807) is 13.0 Å². The molecule has 2 aromatic rings. The molecule has 1 amide bonds. The number of nitrogens with two attached hydrogens (primary N) is 1. The van der Waals surface area contributed by atoms with Crippen molar-refractivity contribution in [3.8, 4) is 0 Å². The van der Waals surface area contributed by atoms with E-state index in [1.807, 2.05) is 0 Å². The van der Waals surface area contributed by atoms with E-state index in [2.05, 4.69) is 0 Å². The molecule has 0 bridgehead atoms. The molecule has 104 valence electrons. The number of furan rings is 1. The van der Waals surface area contributed by atoms with E-state index < -0.39 is 23.8 Å². The number of hydrogen-bond donors (Lipinski definition) is 1. The number of hydrogen-bond acceptors (Lipinski definition) is 4. The van der Waals surface area contributed by atoms with Gasteiger partial charge in [-0.2, -0.15) is 0 Å². The summed E-state index contributed by atoms with van der Waals surface area (Å²) < 4.78 is 22.9. The van der Waals surface area contributed by atoms with E-state index in [0.717, 1.165) is 12.1 Å². The van der Waals surface area contributed by atoms with Crippen LogP contribution in [0.25, 0.3) is 0 Å². The van der Waals surface area contributed by atoms with Crippen molar-refractivity contribution in [1.82, 2.24) is 0 Å². The lowest BCUT2D eigenvalue weighted by molar-refractivity contribution is -0.127. The first-order valence-electron chi connectivity index (χ1n) is 5.79. The molecule has 0 spiro atoms. The molecular weight excluding hydrogens is 265 g/mol. The highest BCUT2D eigenvalue weighted by atomic mass is 19.1. The molecule has 5 nitrogen and oxygen atoms in total. The lowest BCUT2D eigenvalue weighted by Gasteiger charge is -2.14. The maximum atomic E-state index is 12.9. The minimum Gasteiger partial charge on any atom is -0.457 e. The van der Waals surface area contributed by atoms with Crippen LogP contribution in [0, 0.1) is 12.7 Å². The minimum absolute atomic E-state index is 0.00152. The first kappa shape index (κ1) is 13.8. The van der Waals surface area contributed by atoms with Crippen molar-refractivity contribution in [2.45, 2.75) is 13.0 Å². The zero-order valence-corrected chi connectivity index (χ0v) is 10.6. The van der Waals surface area contributed by atoms with Crippen molar-refractivity contribution in [1.29, 1.82) is 0 Å². The summed E-state index contributed by atoms with van der Waals surface area (Å²) in [5, 5.41) is 0. The van der Waals surface area contributed by atoms with Gasteiger partial charge in [0.15, 0.2) is 0 Å². The third-order valence-electron chi connectivity index (χ3n) is 2.70. The van der Waals surface area contributed by atoms with Gasteiger partial charge in [-0.1, -0.05) is 12.1 Å². The van der Waals surface area contributed by atoms with Gasteiger partial charge in [-0.3, -0.25) is 4.79 Å². The largest absolute Gasteiger partial charge is 0.457 e. The molecule has 0 aliphatic rings. The third kappa shape index (κ3) is 2.85.